The molecule has 4 fully saturated rings. The largest absolute Gasteiger partial charge is 0.309 e. The predicted molar refractivity (Wildman–Crippen MR) is 270 cm³/mol. The molecular formula is C61H47N5. The smallest absolute Gasteiger partial charge is 0.164 e. The Morgan fingerprint density at radius 3 is 1.23 bits per heavy atom. The number of hydrogen-bond acceptors (Lipinski definition) is 3. The SMILES string of the molecule is c1ccc(-c2ccc(-n3c4ccccc4c4ccc(-c5nc(-c6ccc(-n7c8ccccc8c8ccccc87)cc6)nc(-c6ccc(C78CC9CC(CC(C9)C7)C8)cc6)n5)cc43)cc2)cc1. The van der Waals surface area contributed by atoms with Crippen LogP contribution in [0.1, 0.15) is 44.1 Å². The molecular weight excluding hydrogens is 803 g/mol. The van der Waals surface area contributed by atoms with Crippen molar-refractivity contribution in [2.75, 3.05) is 0 Å². The molecule has 0 radical (unpaired) electrons. The van der Waals surface area contributed by atoms with Gasteiger partial charge in [-0.3, -0.25) is 0 Å². The fourth-order valence-corrected chi connectivity index (χ4v) is 13.0. The van der Waals surface area contributed by atoms with E-state index in [0.29, 0.717) is 22.9 Å². The van der Waals surface area contributed by atoms with Crippen molar-refractivity contribution in [3.63, 3.8) is 0 Å². The molecule has 3 heterocycles. The van der Waals surface area contributed by atoms with E-state index in [1.807, 2.05) is 0 Å². The van der Waals surface area contributed by atoms with Crippen molar-refractivity contribution in [1.82, 2.24) is 24.1 Å². The second kappa shape index (κ2) is 14.7. The van der Waals surface area contributed by atoms with Crippen molar-refractivity contribution in [1.29, 1.82) is 0 Å². The summed E-state index contributed by atoms with van der Waals surface area (Å²) in [5.74, 6) is 4.70. The highest BCUT2D eigenvalue weighted by molar-refractivity contribution is 6.11. The fourth-order valence-electron chi connectivity index (χ4n) is 13.0. The Hall–Kier alpha value is -7.63. The normalized spacial score (nSPS) is 20.0. The zero-order valence-electron chi connectivity index (χ0n) is 36.7. The lowest BCUT2D eigenvalue weighted by atomic mass is 9.48. The van der Waals surface area contributed by atoms with Crippen LogP contribution in [-0.2, 0) is 5.41 Å². The summed E-state index contributed by atoms with van der Waals surface area (Å²) in [6, 6.07) is 70.3. The van der Waals surface area contributed by atoms with Crippen LogP contribution in [0.3, 0.4) is 0 Å². The van der Waals surface area contributed by atoms with Crippen molar-refractivity contribution in [2.45, 2.75) is 43.9 Å². The van der Waals surface area contributed by atoms with Gasteiger partial charge >= 0.3 is 0 Å². The van der Waals surface area contributed by atoms with Gasteiger partial charge < -0.3 is 9.13 Å². The molecule has 3 aromatic heterocycles. The number of aromatic nitrogens is 5. The molecule has 5 nitrogen and oxygen atoms in total. The fraction of sp³-hybridized carbons (Fsp3) is 0.164. The third-order valence-corrected chi connectivity index (χ3v) is 15.6. The van der Waals surface area contributed by atoms with E-state index in [2.05, 4.69) is 203 Å². The molecule has 0 amide bonds. The molecule has 4 aliphatic rings. The van der Waals surface area contributed by atoms with E-state index in [-0.39, 0.29) is 0 Å². The van der Waals surface area contributed by atoms with Gasteiger partial charge in [-0.25, -0.2) is 15.0 Å². The van der Waals surface area contributed by atoms with E-state index in [0.717, 1.165) is 56.9 Å². The van der Waals surface area contributed by atoms with Crippen molar-refractivity contribution >= 4 is 43.6 Å². The first-order chi connectivity index (χ1) is 32.6. The Morgan fingerprint density at radius 2 is 0.712 bits per heavy atom. The van der Waals surface area contributed by atoms with Gasteiger partial charge in [-0.05, 0) is 139 Å². The third-order valence-electron chi connectivity index (χ3n) is 15.6. The van der Waals surface area contributed by atoms with Crippen LogP contribution in [0.2, 0.25) is 0 Å². The monoisotopic (exact) mass is 849 g/mol. The van der Waals surface area contributed by atoms with E-state index in [1.165, 1.54) is 87.8 Å². The summed E-state index contributed by atoms with van der Waals surface area (Å²) in [6.45, 7) is 0. The Balaban J connectivity index is 0.899. The molecule has 0 aliphatic heterocycles. The molecule has 4 saturated carbocycles. The number of nitrogens with zero attached hydrogens (tertiary/aromatic N) is 5. The molecule has 0 N–H and O–H groups in total. The van der Waals surface area contributed by atoms with Gasteiger partial charge in [0.25, 0.3) is 0 Å². The molecule has 4 aliphatic carbocycles. The van der Waals surface area contributed by atoms with Gasteiger partial charge in [0, 0.05) is 49.6 Å². The molecule has 0 atom stereocenters. The second-order valence-corrected chi connectivity index (χ2v) is 19.5. The lowest BCUT2D eigenvalue weighted by Gasteiger charge is -2.57. The first-order valence-corrected chi connectivity index (χ1v) is 23.8. The minimum absolute atomic E-state index is 0.330. The van der Waals surface area contributed by atoms with E-state index < -0.39 is 0 Å². The van der Waals surface area contributed by atoms with Gasteiger partial charge in [-0.15, -0.1) is 0 Å². The van der Waals surface area contributed by atoms with Gasteiger partial charge in [0.2, 0.25) is 0 Å². The maximum absolute atomic E-state index is 5.32. The highest BCUT2D eigenvalue weighted by Crippen LogP contribution is 2.60. The van der Waals surface area contributed by atoms with E-state index >= 15 is 0 Å². The van der Waals surface area contributed by atoms with Gasteiger partial charge in [-0.2, -0.15) is 0 Å². The standard InChI is InChI=1S/C61H47N5/c1-2-10-42(11-3-1)43-20-27-49(28-21-43)66-56-17-9-6-14-52(56)53-31-24-46(35-57(53)66)60-63-58(44-18-25-47(26-19-44)61-36-39-32-40(37-61)34-41(33-39)38-61)62-59(64-60)45-22-29-48(30-23-45)65-54-15-7-4-12-50(54)51-13-5-8-16-55(51)65/h1-31,35,39-41H,32-34,36-38H2. The van der Waals surface area contributed by atoms with Crippen LogP contribution in [-0.4, -0.2) is 24.1 Å². The zero-order valence-corrected chi connectivity index (χ0v) is 36.7. The summed E-state index contributed by atoms with van der Waals surface area (Å²) in [4.78, 5) is 15.9. The molecule has 4 bridgehead atoms. The van der Waals surface area contributed by atoms with Gasteiger partial charge in [0.05, 0.1) is 22.1 Å². The van der Waals surface area contributed by atoms with Crippen molar-refractivity contribution in [2.24, 2.45) is 17.8 Å². The van der Waals surface area contributed by atoms with Crippen LogP contribution in [0.15, 0.2) is 194 Å². The number of benzene rings is 8. The summed E-state index contributed by atoms with van der Waals surface area (Å²) in [5, 5.41) is 4.90. The Bertz CT molecular complexity index is 3570. The molecule has 0 saturated heterocycles. The van der Waals surface area contributed by atoms with Crippen molar-refractivity contribution in [3.05, 3.63) is 200 Å². The molecule has 11 aromatic rings. The van der Waals surface area contributed by atoms with Crippen LogP contribution in [0.5, 0.6) is 0 Å². The zero-order chi connectivity index (χ0) is 43.3. The predicted octanol–water partition coefficient (Wildman–Crippen LogP) is 15.2. The number of rotatable bonds is 7. The Labute approximate surface area is 384 Å². The van der Waals surface area contributed by atoms with Crippen LogP contribution in [0.25, 0.3) is 100 Å². The number of hydrogen-bond donors (Lipinski definition) is 0. The van der Waals surface area contributed by atoms with E-state index in [4.69, 9.17) is 15.0 Å². The summed E-state index contributed by atoms with van der Waals surface area (Å²) in [6.07, 6.45) is 8.37. The quantitative estimate of drug-likeness (QED) is 0.160. The average molecular weight is 850 g/mol. The number of para-hydroxylation sites is 3. The summed E-state index contributed by atoms with van der Waals surface area (Å²) < 4.78 is 4.73. The van der Waals surface area contributed by atoms with Gasteiger partial charge in [0.15, 0.2) is 17.5 Å². The third kappa shape index (κ3) is 6.02. The number of fused-ring (bicyclic) bond motifs is 6. The maximum Gasteiger partial charge on any atom is 0.164 e. The van der Waals surface area contributed by atoms with Gasteiger partial charge in [-0.1, -0.05) is 133 Å². The maximum atomic E-state index is 5.32. The van der Waals surface area contributed by atoms with Crippen molar-refractivity contribution < 1.29 is 0 Å². The minimum atomic E-state index is 0.330. The lowest BCUT2D eigenvalue weighted by molar-refractivity contribution is -0.00518. The molecule has 0 spiro atoms. The lowest BCUT2D eigenvalue weighted by Crippen LogP contribution is -2.48. The first-order valence-electron chi connectivity index (χ1n) is 23.8. The van der Waals surface area contributed by atoms with Crippen LogP contribution >= 0.6 is 0 Å². The Kier molecular flexibility index (Phi) is 8.40. The molecule has 0 unspecified atom stereocenters. The van der Waals surface area contributed by atoms with Crippen LogP contribution < -0.4 is 0 Å². The Morgan fingerprint density at radius 1 is 0.333 bits per heavy atom. The van der Waals surface area contributed by atoms with E-state index in [9.17, 15) is 0 Å². The average Bonchev–Trinajstić information content (AvgIpc) is 3.89. The molecule has 8 aromatic carbocycles. The van der Waals surface area contributed by atoms with E-state index in [1.54, 1.807) is 0 Å². The highest BCUT2D eigenvalue weighted by Gasteiger charge is 2.51. The topological polar surface area (TPSA) is 48.5 Å². The minimum Gasteiger partial charge on any atom is -0.309 e. The second-order valence-electron chi connectivity index (χ2n) is 19.5. The molecule has 15 rings (SSSR count). The molecule has 66 heavy (non-hydrogen) atoms. The molecule has 316 valence electrons. The summed E-state index contributed by atoms with van der Waals surface area (Å²) in [7, 11) is 0. The van der Waals surface area contributed by atoms with Gasteiger partial charge in [0.1, 0.15) is 0 Å². The summed E-state index contributed by atoms with van der Waals surface area (Å²) in [5.41, 5.74) is 14.0. The first kappa shape index (κ1) is 37.7. The molecule has 5 heteroatoms. The summed E-state index contributed by atoms with van der Waals surface area (Å²) >= 11 is 0. The van der Waals surface area contributed by atoms with Crippen LogP contribution in [0.4, 0.5) is 0 Å². The highest BCUT2D eigenvalue weighted by atomic mass is 15.0. The van der Waals surface area contributed by atoms with Crippen LogP contribution in [0, 0.1) is 17.8 Å². The van der Waals surface area contributed by atoms with Crippen molar-refractivity contribution in [3.8, 4) is 56.7 Å².